The zero-order valence-electron chi connectivity index (χ0n) is 6.61. The molecule has 0 fully saturated rings. The highest BCUT2D eigenvalue weighted by atomic mass is 35.5. The highest BCUT2D eigenvalue weighted by Crippen LogP contribution is 2.28. The smallest absolute Gasteiger partial charge is 0.249 e. The van der Waals surface area contributed by atoms with Crippen LogP contribution >= 0.6 is 24.2 Å². The number of halogens is 1. The van der Waals surface area contributed by atoms with Crippen molar-refractivity contribution < 1.29 is 4.79 Å². The number of nitrogens with zero attached hydrogens (tertiary/aromatic N) is 2. The second kappa shape index (κ2) is 3.49. The molecule has 2 rings (SSSR count). The number of amides is 1. The Hall–Kier alpha value is -0.480. The van der Waals surface area contributed by atoms with Gasteiger partial charge < -0.3 is 4.90 Å². The second-order valence-corrected chi connectivity index (χ2v) is 3.40. The van der Waals surface area contributed by atoms with Crippen LogP contribution < -0.4 is 0 Å². The molecule has 3 nitrogen and oxygen atoms in total. The molecule has 0 spiro atoms. The fourth-order valence-corrected chi connectivity index (χ4v) is 2.07. The summed E-state index contributed by atoms with van der Waals surface area (Å²) in [4.78, 5) is 16.8. The standard InChI is InChI=1S/C7H8N2OS.ClH/c1-5-4-11-7-8-6(10)2-3-9(5)7;/h4H,2-3H2,1H3;1H. The van der Waals surface area contributed by atoms with Crippen molar-refractivity contribution >= 4 is 35.2 Å². The summed E-state index contributed by atoms with van der Waals surface area (Å²) >= 11 is 1.53. The fraction of sp³-hybridized carbons (Fsp3) is 0.429. The highest BCUT2D eigenvalue weighted by molar-refractivity contribution is 8.16. The maximum Gasteiger partial charge on any atom is 0.249 e. The molecular formula is C7H9ClN2OS. The van der Waals surface area contributed by atoms with Crippen molar-refractivity contribution in [2.75, 3.05) is 6.54 Å². The summed E-state index contributed by atoms with van der Waals surface area (Å²) in [6, 6.07) is 0. The van der Waals surface area contributed by atoms with E-state index in [9.17, 15) is 4.79 Å². The Labute approximate surface area is 81.3 Å². The summed E-state index contributed by atoms with van der Waals surface area (Å²) in [7, 11) is 0. The summed E-state index contributed by atoms with van der Waals surface area (Å²) in [6.45, 7) is 2.83. The van der Waals surface area contributed by atoms with Crippen LogP contribution in [-0.2, 0) is 4.79 Å². The molecule has 0 saturated heterocycles. The van der Waals surface area contributed by atoms with Gasteiger partial charge in [0.1, 0.15) is 0 Å². The van der Waals surface area contributed by atoms with Gasteiger partial charge in [-0.15, -0.1) is 12.4 Å². The molecule has 0 saturated carbocycles. The van der Waals surface area contributed by atoms with Gasteiger partial charge in [0.05, 0.1) is 0 Å². The van der Waals surface area contributed by atoms with Gasteiger partial charge in [0.25, 0.3) is 0 Å². The molecule has 0 atom stereocenters. The number of amidine groups is 1. The molecule has 12 heavy (non-hydrogen) atoms. The van der Waals surface area contributed by atoms with E-state index in [-0.39, 0.29) is 18.3 Å². The molecule has 0 aromatic heterocycles. The summed E-state index contributed by atoms with van der Waals surface area (Å²) in [5.74, 6) is 0.00634. The maximum atomic E-state index is 10.9. The summed E-state index contributed by atoms with van der Waals surface area (Å²) in [5, 5.41) is 2.87. The van der Waals surface area contributed by atoms with Crippen LogP contribution in [0.25, 0.3) is 0 Å². The van der Waals surface area contributed by atoms with Gasteiger partial charge in [-0.25, -0.2) is 0 Å². The van der Waals surface area contributed by atoms with E-state index in [4.69, 9.17) is 0 Å². The van der Waals surface area contributed by atoms with Crippen LogP contribution in [0.2, 0.25) is 0 Å². The van der Waals surface area contributed by atoms with E-state index in [0.717, 1.165) is 11.7 Å². The SMILES string of the molecule is CC1=CSC2=NC(=O)CCN12.Cl. The molecule has 0 radical (unpaired) electrons. The number of aliphatic imine (C=N–C) groups is 1. The van der Waals surface area contributed by atoms with Crippen LogP contribution in [0.1, 0.15) is 13.3 Å². The van der Waals surface area contributed by atoms with Crippen LogP contribution in [0.15, 0.2) is 16.1 Å². The lowest BCUT2D eigenvalue weighted by Gasteiger charge is -2.22. The van der Waals surface area contributed by atoms with Gasteiger partial charge in [0.15, 0.2) is 5.17 Å². The Kier molecular flexibility index (Phi) is 2.80. The molecular weight excluding hydrogens is 196 g/mol. The van der Waals surface area contributed by atoms with E-state index in [1.807, 2.05) is 12.3 Å². The molecule has 2 aliphatic rings. The molecule has 66 valence electrons. The lowest BCUT2D eigenvalue weighted by Crippen LogP contribution is -2.30. The molecule has 0 aliphatic carbocycles. The van der Waals surface area contributed by atoms with Gasteiger partial charge in [-0.05, 0) is 12.3 Å². The molecule has 0 N–H and O–H groups in total. The van der Waals surface area contributed by atoms with Crippen LogP contribution in [0.3, 0.4) is 0 Å². The first-order valence-corrected chi connectivity index (χ1v) is 4.38. The Bertz CT molecular complexity index is 275. The minimum Gasteiger partial charge on any atom is -0.324 e. The third kappa shape index (κ3) is 1.49. The van der Waals surface area contributed by atoms with Crippen molar-refractivity contribution in [1.29, 1.82) is 0 Å². The number of allylic oxidation sites excluding steroid dienone is 1. The number of rotatable bonds is 0. The average Bonchev–Trinajstić information content (AvgIpc) is 2.32. The number of carbonyl (C=O) groups excluding carboxylic acids is 1. The largest absolute Gasteiger partial charge is 0.324 e. The predicted octanol–water partition coefficient (Wildman–Crippen LogP) is 1.60. The number of fused-ring (bicyclic) bond motifs is 1. The second-order valence-electron chi connectivity index (χ2n) is 2.57. The minimum absolute atomic E-state index is 0. The highest BCUT2D eigenvalue weighted by Gasteiger charge is 2.24. The summed E-state index contributed by atoms with van der Waals surface area (Å²) in [6.07, 6.45) is 0.551. The van der Waals surface area contributed by atoms with Crippen LogP contribution in [0, 0.1) is 0 Å². The van der Waals surface area contributed by atoms with Crippen LogP contribution in [0.5, 0.6) is 0 Å². The normalized spacial score (nSPS) is 21.1. The lowest BCUT2D eigenvalue weighted by atomic mass is 10.3. The van der Waals surface area contributed by atoms with Crippen molar-refractivity contribution in [2.45, 2.75) is 13.3 Å². The van der Waals surface area contributed by atoms with E-state index < -0.39 is 0 Å². The quantitative estimate of drug-likeness (QED) is 0.601. The van der Waals surface area contributed by atoms with Gasteiger partial charge in [0.2, 0.25) is 5.91 Å². The topological polar surface area (TPSA) is 32.7 Å². The van der Waals surface area contributed by atoms with Crippen LogP contribution in [-0.4, -0.2) is 22.5 Å². The molecule has 2 heterocycles. The Morgan fingerprint density at radius 1 is 1.67 bits per heavy atom. The van der Waals surface area contributed by atoms with Crippen molar-refractivity contribution in [1.82, 2.24) is 4.90 Å². The number of hydrogen-bond donors (Lipinski definition) is 0. The Morgan fingerprint density at radius 2 is 2.42 bits per heavy atom. The van der Waals surface area contributed by atoms with Gasteiger partial charge in [0, 0.05) is 18.7 Å². The van der Waals surface area contributed by atoms with Crippen molar-refractivity contribution in [3.8, 4) is 0 Å². The third-order valence-electron chi connectivity index (χ3n) is 1.76. The van der Waals surface area contributed by atoms with Crippen molar-refractivity contribution in [3.63, 3.8) is 0 Å². The predicted molar refractivity (Wildman–Crippen MR) is 52.4 cm³/mol. The maximum absolute atomic E-state index is 10.9. The zero-order chi connectivity index (χ0) is 7.84. The molecule has 0 aromatic rings. The molecule has 1 amide bonds. The van der Waals surface area contributed by atoms with E-state index in [1.54, 1.807) is 0 Å². The van der Waals surface area contributed by atoms with E-state index in [1.165, 1.54) is 17.5 Å². The van der Waals surface area contributed by atoms with Crippen molar-refractivity contribution in [2.24, 2.45) is 4.99 Å². The Balaban J connectivity index is 0.000000720. The van der Waals surface area contributed by atoms with Crippen molar-refractivity contribution in [3.05, 3.63) is 11.1 Å². The van der Waals surface area contributed by atoms with E-state index >= 15 is 0 Å². The minimum atomic E-state index is 0. The first-order chi connectivity index (χ1) is 5.27. The molecule has 2 aliphatic heterocycles. The van der Waals surface area contributed by atoms with E-state index in [0.29, 0.717) is 6.42 Å². The van der Waals surface area contributed by atoms with Gasteiger partial charge in [-0.2, -0.15) is 4.99 Å². The van der Waals surface area contributed by atoms with Gasteiger partial charge in [-0.3, -0.25) is 4.79 Å². The van der Waals surface area contributed by atoms with Gasteiger partial charge >= 0.3 is 0 Å². The first-order valence-electron chi connectivity index (χ1n) is 3.50. The summed E-state index contributed by atoms with van der Waals surface area (Å²) in [5.41, 5.74) is 1.20. The van der Waals surface area contributed by atoms with Gasteiger partial charge in [-0.1, -0.05) is 11.8 Å². The third-order valence-corrected chi connectivity index (χ3v) is 2.74. The molecule has 5 heteroatoms. The molecule has 0 unspecified atom stereocenters. The molecule has 0 aromatic carbocycles. The first kappa shape index (κ1) is 9.61. The Morgan fingerprint density at radius 3 is 3.17 bits per heavy atom. The lowest BCUT2D eigenvalue weighted by molar-refractivity contribution is -0.118. The number of thioether (sulfide) groups is 1. The average molecular weight is 205 g/mol. The number of carbonyl (C=O) groups is 1. The van der Waals surface area contributed by atoms with Crippen LogP contribution in [0.4, 0.5) is 0 Å². The number of hydrogen-bond acceptors (Lipinski definition) is 3. The van der Waals surface area contributed by atoms with E-state index in [2.05, 4.69) is 9.89 Å². The molecule has 0 bridgehead atoms. The monoisotopic (exact) mass is 204 g/mol. The zero-order valence-corrected chi connectivity index (χ0v) is 8.24. The fourth-order valence-electron chi connectivity index (χ4n) is 1.14. The summed E-state index contributed by atoms with van der Waals surface area (Å²) < 4.78 is 0.